The summed E-state index contributed by atoms with van der Waals surface area (Å²) in [5, 5.41) is 3.07. The molecule has 0 aromatic heterocycles. The molecular weight excluding hydrogens is 302 g/mol. The maximum Gasteiger partial charge on any atom is 0.272 e. The van der Waals surface area contributed by atoms with Crippen LogP contribution in [0.25, 0.3) is 0 Å². The molecule has 0 spiro atoms. The highest BCUT2D eigenvalue weighted by atomic mass is 19.3. The Labute approximate surface area is 133 Å². The quantitative estimate of drug-likeness (QED) is 0.786. The first-order valence-electron chi connectivity index (χ1n) is 7.14. The molecule has 0 radical (unpaired) electrons. The zero-order valence-electron chi connectivity index (χ0n) is 12.4. The number of alkyl halides is 2. The Bertz CT molecular complexity index is 636. The largest absolute Gasteiger partial charge is 0.488 e. The summed E-state index contributed by atoms with van der Waals surface area (Å²) in [6.45, 7) is -0.292. The average Bonchev–Trinajstić information content (AvgIpc) is 2.54. The van der Waals surface area contributed by atoms with Crippen molar-refractivity contribution in [3.8, 4) is 5.75 Å². The number of hydrogen-bond acceptors (Lipinski definition) is 3. The maximum absolute atomic E-state index is 12.2. The molecule has 122 valence electrons. The number of benzene rings is 2. The number of hydrogen-bond donors (Lipinski definition) is 2. The Morgan fingerprint density at radius 1 is 1.13 bits per heavy atom. The second kappa shape index (κ2) is 8.24. The first-order valence-corrected chi connectivity index (χ1v) is 7.14. The standard InChI is InChI=1S/C17H18F2N2O2/c18-15(19)11-23-14-8-4-5-12(9-14)10-21-16(17(20)22)13-6-2-1-3-7-13/h1-9,15-16,21H,10-11H2,(H2,20,22). The van der Waals surface area contributed by atoms with Gasteiger partial charge in [-0.15, -0.1) is 0 Å². The van der Waals surface area contributed by atoms with Gasteiger partial charge in [0.2, 0.25) is 5.91 Å². The SMILES string of the molecule is NC(=O)C(NCc1cccc(OCC(F)F)c1)c1ccccc1. The van der Waals surface area contributed by atoms with Crippen LogP contribution in [0.1, 0.15) is 17.2 Å². The minimum absolute atomic E-state index is 0.356. The van der Waals surface area contributed by atoms with Gasteiger partial charge in [-0.3, -0.25) is 10.1 Å². The van der Waals surface area contributed by atoms with E-state index in [9.17, 15) is 13.6 Å². The van der Waals surface area contributed by atoms with Crippen molar-refractivity contribution in [1.29, 1.82) is 0 Å². The third-order valence-corrected chi connectivity index (χ3v) is 3.20. The molecule has 0 saturated carbocycles. The van der Waals surface area contributed by atoms with Crippen LogP contribution in [-0.2, 0) is 11.3 Å². The van der Waals surface area contributed by atoms with Gasteiger partial charge in [0.05, 0.1) is 0 Å². The summed E-state index contributed by atoms with van der Waals surface area (Å²) in [4.78, 5) is 11.6. The van der Waals surface area contributed by atoms with Crippen molar-refractivity contribution in [2.24, 2.45) is 5.73 Å². The van der Waals surface area contributed by atoms with Crippen molar-refractivity contribution in [3.63, 3.8) is 0 Å². The Morgan fingerprint density at radius 2 is 1.87 bits per heavy atom. The molecule has 2 rings (SSSR count). The smallest absolute Gasteiger partial charge is 0.272 e. The normalized spacial score (nSPS) is 12.1. The highest BCUT2D eigenvalue weighted by molar-refractivity contribution is 5.81. The van der Waals surface area contributed by atoms with Crippen LogP contribution in [0.2, 0.25) is 0 Å². The van der Waals surface area contributed by atoms with Gasteiger partial charge < -0.3 is 10.5 Å². The van der Waals surface area contributed by atoms with E-state index in [4.69, 9.17) is 10.5 Å². The van der Waals surface area contributed by atoms with Gasteiger partial charge in [0.1, 0.15) is 18.4 Å². The second-order valence-corrected chi connectivity index (χ2v) is 4.98. The van der Waals surface area contributed by atoms with Crippen molar-refractivity contribution in [3.05, 3.63) is 65.7 Å². The highest BCUT2D eigenvalue weighted by Crippen LogP contribution is 2.16. The molecule has 6 heteroatoms. The van der Waals surface area contributed by atoms with E-state index in [0.29, 0.717) is 12.3 Å². The lowest BCUT2D eigenvalue weighted by Crippen LogP contribution is -2.33. The number of nitrogens with two attached hydrogens (primary N) is 1. The molecule has 4 nitrogen and oxygen atoms in total. The highest BCUT2D eigenvalue weighted by Gasteiger charge is 2.16. The number of primary amides is 1. The number of nitrogens with one attached hydrogen (secondary N) is 1. The zero-order chi connectivity index (χ0) is 16.7. The molecule has 1 atom stereocenters. The molecule has 2 aromatic carbocycles. The first kappa shape index (κ1) is 16.9. The van der Waals surface area contributed by atoms with Crippen molar-refractivity contribution < 1.29 is 18.3 Å². The molecule has 0 aliphatic rings. The number of carbonyl (C=O) groups excluding carboxylic acids is 1. The second-order valence-electron chi connectivity index (χ2n) is 4.98. The summed E-state index contributed by atoms with van der Waals surface area (Å²) < 4.78 is 29.3. The van der Waals surface area contributed by atoms with Crippen LogP contribution in [-0.4, -0.2) is 18.9 Å². The van der Waals surface area contributed by atoms with Crippen LogP contribution in [0.4, 0.5) is 8.78 Å². The Kier molecular flexibility index (Phi) is 6.05. The number of amides is 1. The fraction of sp³-hybridized carbons (Fsp3) is 0.235. The van der Waals surface area contributed by atoms with Crippen LogP contribution in [0.3, 0.4) is 0 Å². The van der Waals surface area contributed by atoms with Gasteiger partial charge in [-0.05, 0) is 23.3 Å². The lowest BCUT2D eigenvalue weighted by atomic mass is 10.1. The van der Waals surface area contributed by atoms with E-state index in [1.54, 1.807) is 18.2 Å². The van der Waals surface area contributed by atoms with Crippen molar-refractivity contribution in [2.75, 3.05) is 6.61 Å². The van der Waals surface area contributed by atoms with Crippen LogP contribution in [0.5, 0.6) is 5.75 Å². The first-order chi connectivity index (χ1) is 11.1. The molecule has 1 amide bonds. The Hall–Kier alpha value is -2.47. The van der Waals surface area contributed by atoms with Gasteiger partial charge in [-0.25, -0.2) is 8.78 Å². The average molecular weight is 320 g/mol. The predicted molar refractivity (Wildman–Crippen MR) is 83.2 cm³/mol. The summed E-state index contributed by atoms with van der Waals surface area (Å²) in [5.74, 6) is -0.124. The third-order valence-electron chi connectivity index (χ3n) is 3.20. The van der Waals surface area contributed by atoms with E-state index in [1.165, 1.54) is 0 Å². The van der Waals surface area contributed by atoms with Crippen molar-refractivity contribution in [2.45, 2.75) is 19.0 Å². The summed E-state index contributed by atoms with van der Waals surface area (Å²) in [5.41, 5.74) is 7.01. The van der Waals surface area contributed by atoms with Crippen molar-refractivity contribution >= 4 is 5.91 Å². The number of rotatable bonds is 8. The Morgan fingerprint density at radius 3 is 2.52 bits per heavy atom. The van der Waals surface area contributed by atoms with Crippen LogP contribution in [0.15, 0.2) is 54.6 Å². The van der Waals surface area contributed by atoms with Crippen LogP contribution < -0.4 is 15.8 Å². The molecule has 0 saturated heterocycles. The van der Waals surface area contributed by atoms with Gasteiger partial charge in [-0.2, -0.15) is 0 Å². The number of halogens is 2. The molecule has 3 N–H and O–H groups in total. The van der Waals surface area contributed by atoms with Gasteiger partial charge in [0, 0.05) is 6.54 Å². The van der Waals surface area contributed by atoms with Gasteiger partial charge >= 0.3 is 0 Å². The molecule has 0 aliphatic carbocycles. The summed E-state index contributed by atoms with van der Waals surface area (Å²) in [6, 6.07) is 15.3. The topological polar surface area (TPSA) is 64.4 Å². The van der Waals surface area contributed by atoms with E-state index >= 15 is 0 Å². The monoisotopic (exact) mass is 320 g/mol. The molecule has 0 bridgehead atoms. The minimum atomic E-state index is -2.52. The van der Waals surface area contributed by atoms with Crippen LogP contribution >= 0.6 is 0 Å². The van der Waals surface area contributed by atoms with Gasteiger partial charge in [0.25, 0.3) is 6.43 Å². The van der Waals surface area contributed by atoms with Crippen molar-refractivity contribution in [1.82, 2.24) is 5.32 Å². The lowest BCUT2D eigenvalue weighted by Gasteiger charge is -2.16. The minimum Gasteiger partial charge on any atom is -0.488 e. The van der Waals surface area contributed by atoms with E-state index < -0.39 is 25.0 Å². The van der Waals surface area contributed by atoms with E-state index in [-0.39, 0.29) is 0 Å². The van der Waals surface area contributed by atoms with E-state index in [1.807, 2.05) is 36.4 Å². The maximum atomic E-state index is 12.2. The zero-order valence-corrected chi connectivity index (χ0v) is 12.4. The molecule has 0 heterocycles. The molecule has 0 fully saturated rings. The fourth-order valence-corrected chi connectivity index (χ4v) is 2.15. The predicted octanol–water partition coefficient (Wildman–Crippen LogP) is 2.65. The van der Waals surface area contributed by atoms with Gasteiger partial charge in [0.15, 0.2) is 0 Å². The van der Waals surface area contributed by atoms with Gasteiger partial charge in [-0.1, -0.05) is 42.5 Å². The number of ether oxygens (including phenoxy) is 1. The fourth-order valence-electron chi connectivity index (χ4n) is 2.15. The third kappa shape index (κ3) is 5.34. The van der Waals surface area contributed by atoms with E-state index in [0.717, 1.165) is 11.1 Å². The van der Waals surface area contributed by atoms with Crippen LogP contribution in [0, 0.1) is 0 Å². The van der Waals surface area contributed by atoms with E-state index in [2.05, 4.69) is 5.32 Å². The molecule has 23 heavy (non-hydrogen) atoms. The lowest BCUT2D eigenvalue weighted by molar-refractivity contribution is -0.120. The number of carbonyl (C=O) groups is 1. The summed E-state index contributed by atoms with van der Waals surface area (Å²) in [6.07, 6.45) is -2.52. The molecule has 2 aromatic rings. The molecule has 1 unspecified atom stereocenters. The Balaban J connectivity index is 2.01. The molecule has 0 aliphatic heterocycles. The summed E-state index contributed by atoms with van der Waals surface area (Å²) in [7, 11) is 0. The summed E-state index contributed by atoms with van der Waals surface area (Å²) >= 11 is 0. The molecular formula is C17H18F2N2O2.